The fraction of sp³-hybridized carbons (Fsp3) is 0.818. The molecule has 0 aliphatic carbocycles. The summed E-state index contributed by atoms with van der Waals surface area (Å²) >= 11 is -1.56. The summed E-state index contributed by atoms with van der Waals surface area (Å²) in [5.74, 6) is 0. The molecule has 0 nitrogen and oxygen atoms in total. The molecule has 0 bridgehead atoms. The normalized spacial score (nSPS) is 12.7. The monoisotopic (exact) mass is 276 g/mol. The fourth-order valence-electron chi connectivity index (χ4n) is 1.13. The minimum atomic E-state index is -1.56. The van der Waals surface area contributed by atoms with E-state index >= 15 is 0 Å². The van der Waals surface area contributed by atoms with Crippen molar-refractivity contribution < 1.29 is 0 Å². The maximum atomic E-state index is 2.53. The Morgan fingerprint density at radius 2 is 1.67 bits per heavy atom. The molecule has 0 heterocycles. The third kappa shape index (κ3) is 10.5. The summed E-state index contributed by atoms with van der Waals surface area (Å²) < 4.78 is 2.53. The molecule has 0 amide bonds. The molecule has 0 aromatic rings. The number of unbranched alkanes of at least 4 members (excludes halogenated alkanes) is 4. The van der Waals surface area contributed by atoms with E-state index in [1.165, 1.54) is 32.1 Å². The number of hydrogen-bond acceptors (Lipinski definition) is 0. The Morgan fingerprint density at radius 1 is 1.00 bits per heavy atom. The molecule has 0 atom stereocenters. The molecule has 0 saturated heterocycles. The molecule has 0 fully saturated rings. The van der Waals surface area contributed by atoms with Crippen LogP contribution in [0, 0.1) is 0 Å². The Labute approximate surface area is 82.3 Å². The summed E-state index contributed by atoms with van der Waals surface area (Å²) in [7, 11) is 0. The Morgan fingerprint density at radius 3 is 2.17 bits per heavy atom. The number of rotatable bonds is 6. The van der Waals surface area contributed by atoms with Gasteiger partial charge in [-0.25, -0.2) is 0 Å². The van der Waals surface area contributed by atoms with Crippen LogP contribution in [0.2, 0.25) is 14.8 Å². The summed E-state index contributed by atoms with van der Waals surface area (Å²) in [4.78, 5) is 7.37. The SMILES string of the molecule is CCCCCC/C=[CH]/[Sn]([CH3])([CH3])[CH3]. The van der Waals surface area contributed by atoms with Crippen LogP contribution >= 0.6 is 0 Å². The second-order valence-electron chi connectivity index (χ2n) is 4.62. The van der Waals surface area contributed by atoms with Crippen LogP contribution in [-0.2, 0) is 0 Å². The summed E-state index contributed by atoms with van der Waals surface area (Å²) in [5.41, 5.74) is 0. The van der Waals surface area contributed by atoms with Crippen LogP contribution in [0.15, 0.2) is 10.2 Å². The third-order valence-corrected chi connectivity index (χ3v) is 5.37. The molecular weight excluding hydrogens is 251 g/mol. The van der Waals surface area contributed by atoms with E-state index in [4.69, 9.17) is 0 Å². The van der Waals surface area contributed by atoms with Gasteiger partial charge in [0.15, 0.2) is 0 Å². The van der Waals surface area contributed by atoms with Crippen molar-refractivity contribution in [1.29, 1.82) is 0 Å². The van der Waals surface area contributed by atoms with Crippen molar-refractivity contribution in [2.45, 2.75) is 53.8 Å². The van der Waals surface area contributed by atoms with E-state index < -0.39 is 18.4 Å². The molecule has 0 aromatic carbocycles. The number of allylic oxidation sites excluding steroid dienone is 1. The van der Waals surface area contributed by atoms with Gasteiger partial charge in [0, 0.05) is 0 Å². The van der Waals surface area contributed by atoms with Crippen molar-refractivity contribution in [3.05, 3.63) is 10.2 Å². The molecule has 0 aliphatic heterocycles. The molecule has 0 rings (SSSR count). The first-order valence-corrected chi connectivity index (χ1v) is 15.4. The van der Waals surface area contributed by atoms with Crippen molar-refractivity contribution in [2.24, 2.45) is 0 Å². The van der Waals surface area contributed by atoms with Crippen LogP contribution in [0.3, 0.4) is 0 Å². The van der Waals surface area contributed by atoms with Gasteiger partial charge in [-0.2, -0.15) is 0 Å². The van der Waals surface area contributed by atoms with Crippen LogP contribution in [0.5, 0.6) is 0 Å². The molecule has 0 saturated carbocycles. The van der Waals surface area contributed by atoms with Crippen LogP contribution in [0.1, 0.15) is 39.0 Å². The first-order chi connectivity index (χ1) is 5.56. The molecule has 0 unspecified atom stereocenters. The average molecular weight is 275 g/mol. The molecular formula is C11H24Sn. The molecule has 72 valence electrons. The first-order valence-electron chi connectivity index (χ1n) is 5.24. The van der Waals surface area contributed by atoms with E-state index in [-0.39, 0.29) is 0 Å². The molecule has 0 N–H and O–H groups in total. The van der Waals surface area contributed by atoms with E-state index in [0.29, 0.717) is 0 Å². The first kappa shape index (κ1) is 12.5. The fourth-order valence-corrected chi connectivity index (χ4v) is 3.62. The van der Waals surface area contributed by atoms with Gasteiger partial charge in [0.05, 0.1) is 0 Å². The zero-order valence-corrected chi connectivity index (χ0v) is 12.0. The van der Waals surface area contributed by atoms with Gasteiger partial charge in [0.25, 0.3) is 0 Å². The second kappa shape index (κ2) is 6.99. The van der Waals surface area contributed by atoms with Gasteiger partial charge in [-0.3, -0.25) is 0 Å². The Hall–Kier alpha value is 0.539. The molecule has 0 aromatic heterocycles. The third-order valence-electron chi connectivity index (χ3n) is 1.84. The van der Waals surface area contributed by atoms with E-state index in [2.05, 4.69) is 31.9 Å². The number of hydrogen-bond donors (Lipinski definition) is 0. The Kier molecular flexibility index (Phi) is 7.31. The van der Waals surface area contributed by atoms with Crippen LogP contribution in [0.4, 0.5) is 0 Å². The molecule has 0 spiro atoms. The van der Waals surface area contributed by atoms with Gasteiger partial charge >= 0.3 is 82.4 Å². The summed E-state index contributed by atoms with van der Waals surface area (Å²) in [6, 6.07) is 0. The van der Waals surface area contributed by atoms with Crippen LogP contribution < -0.4 is 0 Å². The topological polar surface area (TPSA) is 0 Å². The zero-order valence-electron chi connectivity index (χ0n) is 9.19. The second-order valence-corrected chi connectivity index (χ2v) is 19.1. The summed E-state index contributed by atoms with van der Waals surface area (Å²) in [6.07, 6.45) is 9.31. The summed E-state index contributed by atoms with van der Waals surface area (Å²) in [5, 5.41) is 0. The van der Waals surface area contributed by atoms with Gasteiger partial charge in [-0.1, -0.05) is 0 Å². The van der Waals surface area contributed by atoms with Gasteiger partial charge in [0.1, 0.15) is 0 Å². The van der Waals surface area contributed by atoms with Gasteiger partial charge in [-0.05, 0) is 0 Å². The Balaban J connectivity index is 3.25. The quantitative estimate of drug-likeness (QED) is 0.498. The molecule has 0 radical (unpaired) electrons. The minimum absolute atomic E-state index is 1.31. The average Bonchev–Trinajstić information content (AvgIpc) is 1.94. The maximum absolute atomic E-state index is 2.53. The Bertz CT molecular complexity index is 119. The van der Waals surface area contributed by atoms with Crippen molar-refractivity contribution in [3.8, 4) is 0 Å². The van der Waals surface area contributed by atoms with Crippen molar-refractivity contribution in [3.63, 3.8) is 0 Å². The predicted molar refractivity (Wildman–Crippen MR) is 61.2 cm³/mol. The van der Waals surface area contributed by atoms with Crippen molar-refractivity contribution in [2.75, 3.05) is 0 Å². The zero-order chi connectivity index (χ0) is 9.45. The van der Waals surface area contributed by atoms with Gasteiger partial charge < -0.3 is 0 Å². The molecule has 1 heteroatoms. The van der Waals surface area contributed by atoms with Crippen LogP contribution in [0.25, 0.3) is 0 Å². The van der Waals surface area contributed by atoms with Crippen LogP contribution in [-0.4, -0.2) is 18.4 Å². The molecule has 12 heavy (non-hydrogen) atoms. The van der Waals surface area contributed by atoms with Gasteiger partial charge in [0.2, 0.25) is 0 Å². The summed E-state index contributed by atoms with van der Waals surface area (Å²) in [6.45, 7) is 2.27. The van der Waals surface area contributed by atoms with E-state index in [1.54, 1.807) is 0 Å². The van der Waals surface area contributed by atoms with E-state index in [1.807, 2.05) is 0 Å². The van der Waals surface area contributed by atoms with E-state index in [0.717, 1.165) is 0 Å². The van der Waals surface area contributed by atoms with Crippen molar-refractivity contribution >= 4 is 18.4 Å². The van der Waals surface area contributed by atoms with Crippen molar-refractivity contribution in [1.82, 2.24) is 0 Å². The van der Waals surface area contributed by atoms with E-state index in [9.17, 15) is 0 Å². The van der Waals surface area contributed by atoms with Gasteiger partial charge in [-0.15, -0.1) is 0 Å². The molecule has 0 aliphatic rings. The standard InChI is InChI=1S/C8H15.3CH3.Sn/c1-3-5-7-8-6-4-2;;;;/h1,3H,4-8H2,2H3;3*1H3;. The predicted octanol–water partition coefficient (Wildman–Crippen LogP) is 4.39.